The van der Waals surface area contributed by atoms with Crippen molar-refractivity contribution >= 4 is 23.9 Å². The Bertz CT molecular complexity index is 408. The molecule has 1 nitrogen and oxygen atoms in total. The van der Waals surface area contributed by atoms with Crippen LogP contribution in [0, 0.1) is 0 Å². The van der Waals surface area contributed by atoms with Crippen LogP contribution >= 0.6 is 0 Å². The molecule has 0 fully saturated rings. The van der Waals surface area contributed by atoms with Gasteiger partial charge in [-0.3, -0.25) is 0 Å². The summed E-state index contributed by atoms with van der Waals surface area (Å²) in [6, 6.07) is 18.8. The van der Waals surface area contributed by atoms with E-state index in [-0.39, 0.29) is 0 Å². The van der Waals surface area contributed by atoms with Crippen LogP contribution in [0.15, 0.2) is 54.6 Å². The Morgan fingerprint density at radius 1 is 0.800 bits per heavy atom. The maximum atomic E-state index is 5.13. The van der Waals surface area contributed by atoms with Crippen LogP contribution in [0.5, 0.6) is 5.75 Å². The Hall–Kier alpha value is -1.24. The van der Waals surface area contributed by atoms with Gasteiger partial charge in [0.05, 0.1) is 0 Å². The van der Waals surface area contributed by atoms with Crippen LogP contribution in [0.4, 0.5) is 0 Å². The number of hydrogen-bond donors (Lipinski definition) is 0. The molecule has 0 atom stereocenters. The molecule has 0 bridgehead atoms. The van der Waals surface area contributed by atoms with E-state index in [1.54, 1.807) is 7.11 Å². The van der Waals surface area contributed by atoms with Gasteiger partial charge in [-0.25, -0.2) is 0 Å². The molecule has 2 heteroatoms. The van der Waals surface area contributed by atoms with E-state index in [2.05, 4.69) is 36.4 Å². The Balaban J connectivity index is 2.11. The number of ether oxygens (including phenoxy) is 1. The van der Waals surface area contributed by atoms with Crippen LogP contribution in [0.1, 0.15) is 0 Å². The van der Waals surface area contributed by atoms with Crippen molar-refractivity contribution in [3.05, 3.63) is 54.6 Å². The summed E-state index contributed by atoms with van der Waals surface area (Å²) in [4.78, 5) is 0. The van der Waals surface area contributed by atoms with Gasteiger partial charge in [0.15, 0.2) is 0 Å². The molecule has 0 amide bonds. The minimum absolute atomic E-state index is 0.396. The molecule has 0 aliphatic carbocycles. The maximum absolute atomic E-state index is 5.13. The van der Waals surface area contributed by atoms with E-state index >= 15 is 0 Å². The molecule has 0 radical (unpaired) electrons. The molecule has 0 aliphatic rings. The first-order valence-electron chi connectivity index (χ1n) is 4.75. The minimum atomic E-state index is 0.396. The molecule has 0 saturated carbocycles. The Kier molecular flexibility index (Phi) is 3.44. The Morgan fingerprint density at radius 3 is 2.00 bits per heavy atom. The fraction of sp³-hybridized carbons (Fsp3) is 0.0769. The third kappa shape index (κ3) is 2.85. The van der Waals surface area contributed by atoms with Crippen molar-refractivity contribution < 1.29 is 4.74 Å². The molecule has 15 heavy (non-hydrogen) atoms. The predicted octanol–water partition coefficient (Wildman–Crippen LogP) is 1.35. The first kappa shape index (κ1) is 10.3. The molecular weight excluding hydrogens is 251 g/mol. The Labute approximate surface area is 96.2 Å². The molecule has 0 saturated heterocycles. The zero-order chi connectivity index (χ0) is 10.5. The first-order valence-corrected chi connectivity index (χ1v) is 6.47. The zero-order valence-electron chi connectivity index (χ0n) is 8.51. The third-order valence-electron chi connectivity index (χ3n) is 2.04. The van der Waals surface area contributed by atoms with Gasteiger partial charge in [-0.05, 0) is 0 Å². The fourth-order valence-corrected chi connectivity index (χ4v) is 3.03. The molecule has 0 unspecified atom stereocenters. The quantitative estimate of drug-likeness (QED) is 0.760. The van der Waals surface area contributed by atoms with E-state index < -0.39 is 0 Å². The van der Waals surface area contributed by atoms with Crippen LogP contribution in [-0.4, -0.2) is 22.1 Å². The summed E-state index contributed by atoms with van der Waals surface area (Å²) < 4.78 is 7.89. The standard InChI is InChI=1S/C13H12OSe/c1-14-11-7-9-13(10-8-11)15-12-5-3-2-4-6-12/h2-10H,1H3. The molecule has 0 aromatic heterocycles. The van der Waals surface area contributed by atoms with E-state index in [9.17, 15) is 0 Å². The summed E-state index contributed by atoms with van der Waals surface area (Å²) >= 11 is 0.396. The predicted molar refractivity (Wildman–Crippen MR) is 64.5 cm³/mol. The SMILES string of the molecule is COc1ccc([Se]c2ccccc2)cc1. The Morgan fingerprint density at radius 2 is 1.40 bits per heavy atom. The van der Waals surface area contributed by atoms with E-state index in [0.29, 0.717) is 15.0 Å². The molecule has 2 rings (SSSR count). The summed E-state index contributed by atoms with van der Waals surface area (Å²) in [5.41, 5.74) is 0. The average molecular weight is 263 g/mol. The van der Waals surface area contributed by atoms with Crippen molar-refractivity contribution in [1.29, 1.82) is 0 Å². The molecule has 76 valence electrons. The summed E-state index contributed by atoms with van der Waals surface area (Å²) in [5, 5.41) is 0. The normalized spacial score (nSPS) is 9.93. The van der Waals surface area contributed by atoms with E-state index in [4.69, 9.17) is 4.74 Å². The summed E-state index contributed by atoms with van der Waals surface area (Å²) in [7, 11) is 1.69. The first-order chi connectivity index (χ1) is 7.38. The average Bonchev–Trinajstić information content (AvgIpc) is 2.31. The number of hydrogen-bond acceptors (Lipinski definition) is 1. The van der Waals surface area contributed by atoms with Gasteiger partial charge in [0.2, 0.25) is 0 Å². The van der Waals surface area contributed by atoms with Gasteiger partial charge in [-0.1, -0.05) is 0 Å². The van der Waals surface area contributed by atoms with E-state index in [1.165, 1.54) is 8.92 Å². The second kappa shape index (κ2) is 5.01. The van der Waals surface area contributed by atoms with Crippen molar-refractivity contribution in [2.24, 2.45) is 0 Å². The third-order valence-corrected chi connectivity index (χ3v) is 4.17. The van der Waals surface area contributed by atoms with Gasteiger partial charge < -0.3 is 0 Å². The van der Waals surface area contributed by atoms with E-state index in [0.717, 1.165) is 5.75 Å². The van der Waals surface area contributed by atoms with Crippen molar-refractivity contribution in [2.75, 3.05) is 7.11 Å². The van der Waals surface area contributed by atoms with Crippen LogP contribution < -0.4 is 13.7 Å². The molecule has 0 heterocycles. The van der Waals surface area contributed by atoms with Crippen molar-refractivity contribution in [2.45, 2.75) is 0 Å². The topological polar surface area (TPSA) is 9.23 Å². The van der Waals surface area contributed by atoms with Gasteiger partial charge >= 0.3 is 96.1 Å². The summed E-state index contributed by atoms with van der Waals surface area (Å²) in [5.74, 6) is 0.919. The molecule has 0 N–H and O–H groups in total. The monoisotopic (exact) mass is 264 g/mol. The van der Waals surface area contributed by atoms with Gasteiger partial charge in [0.1, 0.15) is 0 Å². The second-order valence-corrected chi connectivity index (χ2v) is 5.50. The van der Waals surface area contributed by atoms with Gasteiger partial charge in [0, 0.05) is 0 Å². The van der Waals surface area contributed by atoms with Gasteiger partial charge in [-0.15, -0.1) is 0 Å². The molecule has 2 aromatic carbocycles. The van der Waals surface area contributed by atoms with Crippen LogP contribution in [0.2, 0.25) is 0 Å². The zero-order valence-corrected chi connectivity index (χ0v) is 10.2. The number of rotatable bonds is 3. The summed E-state index contributed by atoms with van der Waals surface area (Å²) in [6.45, 7) is 0. The van der Waals surface area contributed by atoms with Crippen LogP contribution in [0.3, 0.4) is 0 Å². The van der Waals surface area contributed by atoms with Crippen LogP contribution in [0.25, 0.3) is 0 Å². The van der Waals surface area contributed by atoms with Crippen molar-refractivity contribution in [3.8, 4) is 5.75 Å². The fourth-order valence-electron chi connectivity index (χ4n) is 1.27. The second-order valence-electron chi connectivity index (χ2n) is 3.09. The van der Waals surface area contributed by atoms with E-state index in [1.807, 2.05) is 18.2 Å². The van der Waals surface area contributed by atoms with Crippen molar-refractivity contribution in [1.82, 2.24) is 0 Å². The molecule has 0 spiro atoms. The van der Waals surface area contributed by atoms with Gasteiger partial charge in [-0.2, -0.15) is 0 Å². The molecule has 0 aliphatic heterocycles. The number of methoxy groups -OCH3 is 1. The molecular formula is C13H12OSe. The van der Waals surface area contributed by atoms with Crippen LogP contribution in [-0.2, 0) is 0 Å². The summed E-state index contributed by atoms with van der Waals surface area (Å²) in [6.07, 6.45) is 0. The molecule has 2 aromatic rings. The van der Waals surface area contributed by atoms with Gasteiger partial charge in [0.25, 0.3) is 0 Å². The number of benzene rings is 2. The van der Waals surface area contributed by atoms with Crippen molar-refractivity contribution in [3.63, 3.8) is 0 Å².